The van der Waals surface area contributed by atoms with E-state index in [1.54, 1.807) is 23.3 Å². The van der Waals surface area contributed by atoms with Crippen LogP contribution in [0.3, 0.4) is 0 Å². The summed E-state index contributed by atoms with van der Waals surface area (Å²) in [6.07, 6.45) is 0. The minimum atomic E-state index is 0. The van der Waals surface area contributed by atoms with E-state index in [0.29, 0.717) is 0 Å². The Kier molecular flexibility index (Phi) is 14.1. The quantitative estimate of drug-likeness (QED) is 0.130. The van der Waals surface area contributed by atoms with Crippen molar-refractivity contribution >= 4 is 93.1 Å². The van der Waals surface area contributed by atoms with Crippen molar-refractivity contribution in [2.24, 2.45) is 0 Å². The Balaban J connectivity index is 0.000000199. The van der Waals surface area contributed by atoms with Crippen LogP contribution in [0.1, 0.15) is 11.1 Å². The molecule has 0 aliphatic carbocycles. The van der Waals surface area contributed by atoms with Crippen LogP contribution in [0.15, 0.2) is 97.1 Å². The van der Waals surface area contributed by atoms with Gasteiger partial charge in [0, 0.05) is 0 Å². The summed E-state index contributed by atoms with van der Waals surface area (Å²) >= 11 is 4.18. The number of hydrogen-bond donors (Lipinski definition) is 0. The van der Waals surface area contributed by atoms with Gasteiger partial charge in [-0.3, -0.25) is 0 Å². The topological polar surface area (TPSA) is 9.23 Å². The molecular weight excluding hydrogens is 597 g/mol. The predicted molar refractivity (Wildman–Crippen MR) is 167 cm³/mol. The predicted octanol–water partition coefficient (Wildman–Crippen LogP) is 9.00. The van der Waals surface area contributed by atoms with Crippen molar-refractivity contribution in [3.8, 4) is 0 Å². The van der Waals surface area contributed by atoms with E-state index >= 15 is 0 Å². The Bertz CT molecular complexity index is 1470. The molecule has 3 radical (unpaired) electrons. The zero-order chi connectivity index (χ0) is 26.1. The molecule has 183 valence electrons. The van der Waals surface area contributed by atoms with Crippen LogP contribution in [-0.2, 0) is 26.2 Å². The van der Waals surface area contributed by atoms with Crippen molar-refractivity contribution in [1.82, 2.24) is 0 Å². The van der Waals surface area contributed by atoms with Crippen molar-refractivity contribution < 1.29 is 26.2 Å². The van der Waals surface area contributed by atoms with Crippen molar-refractivity contribution in [3.05, 3.63) is 108 Å². The van der Waals surface area contributed by atoms with Crippen LogP contribution < -0.4 is 0 Å². The summed E-state index contributed by atoms with van der Waals surface area (Å²) < 4.78 is 4.54. The van der Waals surface area contributed by atoms with Crippen molar-refractivity contribution in [2.75, 3.05) is 0 Å². The fourth-order valence-corrected chi connectivity index (χ4v) is 4.23. The van der Waals surface area contributed by atoms with E-state index in [1.807, 2.05) is 5.79 Å². The van der Waals surface area contributed by atoms with Gasteiger partial charge in [0.2, 0.25) is 0 Å². The van der Waals surface area contributed by atoms with Gasteiger partial charge >= 0.3 is 74.0 Å². The average Bonchev–Trinajstić information content (AvgIpc) is 3.45. The molecule has 0 N–H and O–H groups in total. The van der Waals surface area contributed by atoms with Gasteiger partial charge in [-0.2, -0.15) is 12.1 Å². The average molecular weight is 629 g/mol. The van der Waals surface area contributed by atoms with E-state index in [1.165, 1.54) is 54.2 Å². The van der Waals surface area contributed by atoms with E-state index in [9.17, 15) is 0 Å². The Morgan fingerprint density at radius 2 is 1.05 bits per heavy atom. The monoisotopic (exact) mass is 627 g/mol. The molecule has 0 aliphatic rings. The smallest absolute Gasteiger partial charge is 0.386 e. The second kappa shape index (κ2) is 16.2. The summed E-state index contributed by atoms with van der Waals surface area (Å²) in [4.78, 5) is 0. The Morgan fingerprint density at radius 3 is 1.41 bits per heavy atom. The number of rotatable bonds is 1. The van der Waals surface area contributed by atoms with Gasteiger partial charge in [-0.25, -0.2) is 0 Å². The van der Waals surface area contributed by atoms with Crippen molar-refractivity contribution in [3.63, 3.8) is 0 Å². The van der Waals surface area contributed by atoms with Crippen LogP contribution in [0.5, 0.6) is 0 Å². The van der Waals surface area contributed by atoms with Gasteiger partial charge in [0.15, 0.2) is 0 Å². The van der Waals surface area contributed by atoms with Gasteiger partial charge in [0.1, 0.15) is 0 Å². The summed E-state index contributed by atoms with van der Waals surface area (Å²) in [5.74, 6) is 2.02. The number of hydrogen-bond acceptors (Lipinski definition) is 1. The molecule has 0 bridgehead atoms. The first-order valence-corrected chi connectivity index (χ1v) is 20.4. The van der Waals surface area contributed by atoms with E-state index in [2.05, 4.69) is 143 Å². The van der Waals surface area contributed by atoms with Crippen LogP contribution in [0, 0.1) is 13.8 Å². The molecule has 0 spiro atoms. The molecule has 6 aromatic carbocycles. The molecule has 0 unspecified atom stereocenters. The Labute approximate surface area is 257 Å². The van der Waals surface area contributed by atoms with Gasteiger partial charge < -0.3 is 2.84 Å². The number of aryl methyl sites for hydroxylation is 2. The summed E-state index contributed by atoms with van der Waals surface area (Å²) in [6.45, 7) is 8.91. The maximum Gasteiger partial charge on any atom is 0.386 e. The molecule has 0 aromatic heterocycles. The van der Waals surface area contributed by atoms with Crippen LogP contribution in [-0.4, -0.2) is 37.6 Å². The van der Waals surface area contributed by atoms with Gasteiger partial charge in [-0.1, -0.05) is 91.1 Å². The fourth-order valence-electron chi connectivity index (χ4n) is 4.23. The molecular formula is C31H32Al2ClOSiZr. The standard InChI is InChI=1S/2C14H11.C2H6Si.CH3.2Al.ClH.O.Zr/c2*1-10-8-12-7-6-11-4-2-3-5-13(11)14(12)9-10;1-3-2;;;;;;/h2*2-9H,1H3;1-2H3;1H3;;;1H;;/q2*-1;;;;;;;+2. The Morgan fingerprint density at radius 1 is 0.703 bits per heavy atom. The molecule has 6 heteroatoms. The molecule has 37 heavy (non-hydrogen) atoms. The van der Waals surface area contributed by atoms with Gasteiger partial charge in [-0.15, -0.1) is 69.3 Å². The molecule has 1 nitrogen and oxygen atoms in total. The molecule has 0 heterocycles. The van der Waals surface area contributed by atoms with E-state index in [-0.39, 0.29) is 33.4 Å². The summed E-state index contributed by atoms with van der Waals surface area (Å²) in [5, 5.41) is 10.8. The summed E-state index contributed by atoms with van der Waals surface area (Å²) in [6, 6.07) is 34.9. The first-order valence-electron chi connectivity index (χ1n) is 12.1. The third-order valence-electron chi connectivity index (χ3n) is 5.66. The van der Waals surface area contributed by atoms with Gasteiger partial charge in [0.05, 0.1) is 0 Å². The normalized spacial score (nSPS) is 9.92. The van der Waals surface area contributed by atoms with E-state index in [4.69, 9.17) is 0 Å². The van der Waals surface area contributed by atoms with Gasteiger partial charge in [0.25, 0.3) is 0 Å². The fraction of sp³-hybridized carbons (Fsp3) is 0.161. The molecule has 6 aromatic rings. The summed E-state index contributed by atoms with van der Waals surface area (Å²) in [7, 11) is 0. The number of fused-ring (bicyclic) bond motifs is 6. The van der Waals surface area contributed by atoms with E-state index in [0.717, 1.165) is 0 Å². The van der Waals surface area contributed by atoms with E-state index < -0.39 is 0 Å². The largest absolute Gasteiger partial charge is 0.656 e. The first kappa shape index (κ1) is 32.2. The van der Waals surface area contributed by atoms with Crippen LogP contribution in [0.2, 0.25) is 18.9 Å². The van der Waals surface area contributed by atoms with Crippen LogP contribution in [0.25, 0.3) is 43.1 Å². The summed E-state index contributed by atoms with van der Waals surface area (Å²) in [5.41, 5.74) is 2.90. The third kappa shape index (κ3) is 9.32. The maximum absolute atomic E-state index is 4.54. The van der Waals surface area contributed by atoms with Crippen LogP contribution in [0.4, 0.5) is 0 Å². The first-order chi connectivity index (χ1) is 17.3. The molecule has 0 fully saturated rings. The maximum atomic E-state index is 4.54. The zero-order valence-corrected chi connectivity index (χ0v) is 28.8. The molecule has 0 saturated heterocycles. The van der Waals surface area contributed by atoms with Crippen molar-refractivity contribution in [2.45, 2.75) is 32.7 Å². The second-order valence-electron chi connectivity index (χ2n) is 9.02. The Hall–Kier alpha value is -0.965. The minimum Gasteiger partial charge on any atom is -0.656 e. The van der Waals surface area contributed by atoms with Crippen molar-refractivity contribution in [1.29, 1.82) is 0 Å². The number of halogens is 1. The van der Waals surface area contributed by atoms with Gasteiger partial charge in [-0.05, 0) is 10.8 Å². The second-order valence-corrected chi connectivity index (χ2v) is 20.0. The van der Waals surface area contributed by atoms with Crippen LogP contribution >= 0.6 is 12.4 Å². The number of benzene rings is 4. The molecule has 0 amide bonds. The molecule has 0 atom stereocenters. The zero-order valence-electron chi connectivity index (χ0n) is 22.2. The SMILES string of the molecule is C[Si](C)=[Zr+2].Cc1cc2c(ccc3ccccc32)[cH-]1.Cc1cc2c(ccc3ccccc32)[cH-]1.Cl.[CH3][Al][O][Al]. The molecule has 6 rings (SSSR count). The molecule has 0 aliphatic heterocycles. The minimum absolute atomic E-state index is 0. The third-order valence-corrected chi connectivity index (χ3v) is 6.74. The molecule has 0 saturated carbocycles.